The van der Waals surface area contributed by atoms with E-state index in [9.17, 15) is 14.0 Å². The third-order valence-electron chi connectivity index (χ3n) is 3.94. The second-order valence-corrected chi connectivity index (χ2v) is 5.88. The van der Waals surface area contributed by atoms with Gasteiger partial charge in [0.15, 0.2) is 0 Å². The highest BCUT2D eigenvalue weighted by atomic mass is 19.1. The number of rotatable bonds is 6. The molecule has 2 aromatic rings. The minimum Gasteiger partial charge on any atom is -0.444 e. The highest BCUT2D eigenvalue weighted by Crippen LogP contribution is 2.26. The van der Waals surface area contributed by atoms with Gasteiger partial charge in [0.05, 0.1) is 24.5 Å². The number of cyclic esters (lactones) is 1. The Hall–Kier alpha value is -3.78. The molecule has 0 spiro atoms. The van der Waals surface area contributed by atoms with E-state index in [0.29, 0.717) is 0 Å². The lowest BCUT2D eigenvalue weighted by molar-refractivity contribution is 0.145. The molecule has 10 heteroatoms. The van der Waals surface area contributed by atoms with Crippen LogP contribution in [-0.4, -0.2) is 31.4 Å². The number of halogens is 1. The first-order valence-electron chi connectivity index (χ1n) is 8.33. The zero-order valence-electron chi connectivity index (χ0n) is 14.6. The number of benzene rings is 2. The second-order valence-electron chi connectivity index (χ2n) is 5.88. The van der Waals surface area contributed by atoms with E-state index >= 15 is 0 Å². The molecular formula is C18H16FN5O4. The number of hydrogen-bond donors (Lipinski definition) is 1. The van der Waals surface area contributed by atoms with Crippen LogP contribution in [0.2, 0.25) is 0 Å². The van der Waals surface area contributed by atoms with E-state index in [1.165, 1.54) is 17.0 Å². The van der Waals surface area contributed by atoms with Crippen molar-refractivity contribution in [3.05, 3.63) is 70.4 Å². The average Bonchev–Trinajstić information content (AvgIpc) is 3.07. The van der Waals surface area contributed by atoms with Gasteiger partial charge in [-0.3, -0.25) is 10.2 Å². The number of ether oxygens (including phenoxy) is 2. The van der Waals surface area contributed by atoms with Crippen molar-refractivity contribution in [3.8, 4) is 0 Å². The van der Waals surface area contributed by atoms with Crippen LogP contribution < -0.4 is 10.2 Å². The van der Waals surface area contributed by atoms with Gasteiger partial charge >= 0.3 is 12.2 Å². The van der Waals surface area contributed by atoms with Crippen LogP contribution in [0.1, 0.15) is 5.56 Å². The quantitative estimate of drug-likeness (QED) is 0.455. The highest BCUT2D eigenvalue weighted by Gasteiger charge is 2.32. The summed E-state index contributed by atoms with van der Waals surface area (Å²) in [5.74, 6) is -0.736. The molecule has 1 N–H and O–H groups in total. The van der Waals surface area contributed by atoms with E-state index in [2.05, 4.69) is 15.3 Å². The van der Waals surface area contributed by atoms with Gasteiger partial charge < -0.3 is 9.47 Å². The molecule has 28 heavy (non-hydrogen) atoms. The van der Waals surface area contributed by atoms with Crippen LogP contribution in [-0.2, 0) is 16.1 Å². The summed E-state index contributed by atoms with van der Waals surface area (Å²) in [6, 6.07) is 13.0. The SMILES string of the molecule is [N-]=[N+]=NC[C@H]1CN(c2ccc(NC(=O)OCc3ccccc3)c(F)c2)C(=O)O1. The first-order chi connectivity index (χ1) is 13.6. The second kappa shape index (κ2) is 8.74. The van der Waals surface area contributed by atoms with E-state index in [0.717, 1.165) is 11.6 Å². The summed E-state index contributed by atoms with van der Waals surface area (Å²) in [6.45, 7) is 0.176. The minimum absolute atomic E-state index is 0.00584. The Kier molecular flexibility index (Phi) is 5.93. The van der Waals surface area contributed by atoms with E-state index in [-0.39, 0.29) is 31.1 Å². The Morgan fingerprint density at radius 1 is 1.36 bits per heavy atom. The van der Waals surface area contributed by atoms with Crippen LogP contribution in [0.4, 0.5) is 25.4 Å². The molecule has 0 unspecified atom stereocenters. The van der Waals surface area contributed by atoms with Gasteiger partial charge in [-0.15, -0.1) is 0 Å². The Morgan fingerprint density at radius 2 is 2.14 bits per heavy atom. The van der Waals surface area contributed by atoms with Crippen molar-refractivity contribution in [2.24, 2.45) is 5.11 Å². The van der Waals surface area contributed by atoms with Crippen molar-refractivity contribution in [2.75, 3.05) is 23.3 Å². The number of carbonyl (C=O) groups is 2. The van der Waals surface area contributed by atoms with Gasteiger partial charge in [0.1, 0.15) is 18.5 Å². The van der Waals surface area contributed by atoms with Gasteiger partial charge in [-0.1, -0.05) is 35.4 Å². The number of azide groups is 1. The first-order valence-corrected chi connectivity index (χ1v) is 8.33. The molecule has 2 aromatic carbocycles. The zero-order chi connectivity index (χ0) is 19.9. The lowest BCUT2D eigenvalue weighted by Gasteiger charge is -2.14. The summed E-state index contributed by atoms with van der Waals surface area (Å²) in [5, 5.41) is 5.68. The maximum Gasteiger partial charge on any atom is 0.414 e. The molecule has 1 aliphatic rings. The molecule has 1 atom stereocenters. The largest absolute Gasteiger partial charge is 0.444 e. The standard InChI is InChI=1S/C18H16FN5O4/c19-15-8-13(24-10-14(9-21-23-20)28-18(24)26)6-7-16(15)22-17(25)27-11-12-4-2-1-3-5-12/h1-8,14H,9-11H2,(H,22,25)/t14-/m0/s1. The summed E-state index contributed by atoms with van der Waals surface area (Å²) in [4.78, 5) is 27.6. The molecular weight excluding hydrogens is 369 g/mol. The smallest absolute Gasteiger partial charge is 0.414 e. The normalized spacial score (nSPS) is 15.5. The molecule has 1 aliphatic heterocycles. The van der Waals surface area contributed by atoms with Crippen molar-refractivity contribution >= 4 is 23.6 Å². The van der Waals surface area contributed by atoms with Crippen molar-refractivity contribution in [2.45, 2.75) is 12.7 Å². The van der Waals surface area contributed by atoms with E-state index in [4.69, 9.17) is 15.0 Å². The van der Waals surface area contributed by atoms with E-state index in [1.807, 2.05) is 18.2 Å². The molecule has 0 aliphatic carbocycles. The fraction of sp³-hybridized carbons (Fsp3) is 0.222. The summed E-state index contributed by atoms with van der Waals surface area (Å²) in [7, 11) is 0. The molecule has 0 bridgehead atoms. The highest BCUT2D eigenvalue weighted by molar-refractivity contribution is 5.91. The van der Waals surface area contributed by atoms with Gasteiger partial charge in [0, 0.05) is 4.91 Å². The molecule has 1 heterocycles. The van der Waals surface area contributed by atoms with Crippen LogP contribution in [0.25, 0.3) is 10.4 Å². The lowest BCUT2D eigenvalue weighted by atomic mass is 10.2. The minimum atomic E-state index is -0.800. The number of nitrogens with zero attached hydrogens (tertiary/aromatic N) is 4. The third-order valence-corrected chi connectivity index (χ3v) is 3.94. The molecule has 0 saturated carbocycles. The Bertz CT molecular complexity index is 917. The van der Waals surface area contributed by atoms with E-state index < -0.39 is 24.1 Å². The Balaban J connectivity index is 1.60. The summed E-state index contributed by atoms with van der Waals surface area (Å²) >= 11 is 0. The number of anilines is 2. The van der Waals surface area contributed by atoms with Crippen LogP contribution in [0.5, 0.6) is 0 Å². The topological polar surface area (TPSA) is 117 Å². The predicted molar refractivity (Wildman–Crippen MR) is 98.3 cm³/mol. The fourth-order valence-electron chi connectivity index (χ4n) is 2.60. The maximum absolute atomic E-state index is 14.3. The number of nitrogens with one attached hydrogen (secondary N) is 1. The number of hydrogen-bond acceptors (Lipinski definition) is 5. The monoisotopic (exact) mass is 385 g/mol. The molecule has 2 amide bonds. The van der Waals surface area contributed by atoms with Crippen molar-refractivity contribution in [3.63, 3.8) is 0 Å². The summed E-state index contributed by atoms with van der Waals surface area (Å²) in [6.07, 6.45) is -2.07. The lowest BCUT2D eigenvalue weighted by Crippen LogP contribution is -2.25. The van der Waals surface area contributed by atoms with Gasteiger partial charge in [-0.2, -0.15) is 0 Å². The predicted octanol–water partition coefficient (Wildman–Crippen LogP) is 4.21. The van der Waals surface area contributed by atoms with Crippen molar-refractivity contribution in [1.29, 1.82) is 0 Å². The Morgan fingerprint density at radius 3 is 2.86 bits per heavy atom. The van der Waals surface area contributed by atoms with Gasteiger partial charge in [-0.25, -0.2) is 14.0 Å². The molecule has 3 rings (SSSR count). The zero-order valence-corrected chi connectivity index (χ0v) is 14.6. The molecule has 0 radical (unpaired) electrons. The van der Waals surface area contributed by atoms with Crippen molar-refractivity contribution < 1.29 is 23.5 Å². The van der Waals surface area contributed by atoms with Crippen LogP contribution in [0.3, 0.4) is 0 Å². The first kappa shape index (κ1) is 19.0. The molecule has 9 nitrogen and oxygen atoms in total. The molecule has 1 saturated heterocycles. The van der Waals surface area contributed by atoms with Gasteiger partial charge in [0.25, 0.3) is 0 Å². The average molecular weight is 385 g/mol. The van der Waals surface area contributed by atoms with E-state index in [1.54, 1.807) is 12.1 Å². The maximum atomic E-state index is 14.3. The van der Waals surface area contributed by atoms with Gasteiger partial charge in [0.2, 0.25) is 0 Å². The number of carbonyl (C=O) groups excluding carboxylic acids is 2. The Labute approximate surface area is 159 Å². The molecule has 144 valence electrons. The van der Waals surface area contributed by atoms with Crippen molar-refractivity contribution in [1.82, 2.24) is 0 Å². The number of amides is 2. The van der Waals surface area contributed by atoms with Crippen LogP contribution >= 0.6 is 0 Å². The fourth-order valence-corrected chi connectivity index (χ4v) is 2.60. The molecule has 0 aromatic heterocycles. The van der Waals surface area contributed by atoms with Crippen LogP contribution in [0.15, 0.2) is 53.6 Å². The summed E-state index contributed by atoms with van der Waals surface area (Å²) in [5.41, 5.74) is 9.30. The van der Waals surface area contributed by atoms with Crippen LogP contribution in [0, 0.1) is 5.82 Å². The van der Waals surface area contributed by atoms with Gasteiger partial charge in [-0.05, 0) is 29.3 Å². The third kappa shape index (κ3) is 4.68. The molecule has 1 fully saturated rings. The summed E-state index contributed by atoms with van der Waals surface area (Å²) < 4.78 is 24.4.